The fraction of sp³-hybridized carbons (Fsp3) is 0.400. The lowest BCUT2D eigenvalue weighted by Crippen LogP contribution is -2.26. The molecule has 0 saturated heterocycles. The minimum atomic E-state index is -1.13. The summed E-state index contributed by atoms with van der Waals surface area (Å²) in [5, 5.41) is 2.55. The van der Waals surface area contributed by atoms with Crippen molar-refractivity contribution in [2.75, 3.05) is 11.9 Å². The number of rotatable bonds is 5. The maximum absolute atomic E-state index is 11.8. The van der Waals surface area contributed by atoms with Crippen molar-refractivity contribution < 1.29 is 19.1 Å². The van der Waals surface area contributed by atoms with E-state index in [1.165, 1.54) is 6.92 Å². The number of carbonyl (C=O) groups excluding carboxylic acids is 3. The fourth-order valence-corrected chi connectivity index (χ4v) is 2.61. The molecule has 5 nitrogen and oxygen atoms in total. The van der Waals surface area contributed by atoms with Crippen LogP contribution in [0.25, 0.3) is 0 Å². The van der Waals surface area contributed by atoms with E-state index in [0.29, 0.717) is 17.7 Å². The Morgan fingerprint density at radius 1 is 1.32 bits per heavy atom. The number of amides is 1. The van der Waals surface area contributed by atoms with E-state index in [9.17, 15) is 14.4 Å². The third-order valence-corrected chi connectivity index (χ3v) is 4.70. The van der Waals surface area contributed by atoms with Gasteiger partial charge >= 0.3 is 5.97 Å². The lowest BCUT2D eigenvalue weighted by Gasteiger charge is -2.12. The number of hydrogen-bond donors (Lipinski definition) is 1. The molecule has 0 aliphatic heterocycles. The topological polar surface area (TPSA) is 72.5 Å². The van der Waals surface area contributed by atoms with Crippen LogP contribution in [0.3, 0.4) is 0 Å². The highest BCUT2D eigenvalue weighted by Crippen LogP contribution is 2.64. The first-order chi connectivity index (χ1) is 10.2. The molecule has 1 aromatic carbocycles. The number of esters is 1. The summed E-state index contributed by atoms with van der Waals surface area (Å²) in [6.07, 6.45) is 0.296. The molecular formula is C15H15Cl2NO4. The minimum Gasteiger partial charge on any atom is -0.455 e. The average Bonchev–Trinajstić information content (AvgIpc) is 2.96. The van der Waals surface area contributed by atoms with Crippen LogP contribution < -0.4 is 5.32 Å². The summed E-state index contributed by atoms with van der Waals surface area (Å²) in [5.41, 5.74) is -0.0324. The maximum atomic E-state index is 11.8. The van der Waals surface area contributed by atoms with Crippen molar-refractivity contribution in [2.24, 2.45) is 5.41 Å². The third kappa shape index (κ3) is 3.42. The lowest BCUT2D eigenvalue weighted by molar-refractivity contribution is -0.152. The Bertz CT molecular complexity index is 644. The molecule has 1 atom stereocenters. The average molecular weight is 344 g/mol. The van der Waals surface area contributed by atoms with Crippen molar-refractivity contribution in [3.05, 3.63) is 29.8 Å². The fourth-order valence-electron chi connectivity index (χ4n) is 1.92. The Kier molecular flexibility index (Phi) is 4.49. The maximum Gasteiger partial charge on any atom is 0.315 e. The summed E-state index contributed by atoms with van der Waals surface area (Å²) < 4.78 is 3.80. The van der Waals surface area contributed by atoms with Crippen molar-refractivity contribution in [2.45, 2.75) is 24.6 Å². The van der Waals surface area contributed by atoms with Gasteiger partial charge in [-0.25, -0.2) is 0 Å². The molecule has 1 fully saturated rings. The summed E-state index contributed by atoms with van der Waals surface area (Å²) in [6, 6.07) is 6.48. The molecule has 1 aromatic rings. The van der Waals surface area contributed by atoms with Crippen molar-refractivity contribution in [1.82, 2.24) is 0 Å². The van der Waals surface area contributed by atoms with E-state index >= 15 is 0 Å². The van der Waals surface area contributed by atoms with Crippen LogP contribution >= 0.6 is 23.2 Å². The van der Waals surface area contributed by atoms with Crippen molar-refractivity contribution in [3.8, 4) is 0 Å². The van der Waals surface area contributed by atoms with Gasteiger partial charge in [0.1, 0.15) is 9.75 Å². The zero-order valence-corrected chi connectivity index (χ0v) is 13.6. The summed E-state index contributed by atoms with van der Waals surface area (Å²) in [7, 11) is 0. The van der Waals surface area contributed by atoms with Crippen LogP contribution in [0.4, 0.5) is 5.69 Å². The second-order valence-corrected chi connectivity index (χ2v) is 6.96. The number of ether oxygens (including phenoxy) is 1. The molecule has 2 rings (SSSR count). The molecule has 0 spiro atoms. The van der Waals surface area contributed by atoms with Gasteiger partial charge in [0.25, 0.3) is 5.91 Å². The first-order valence-electron chi connectivity index (χ1n) is 6.62. The van der Waals surface area contributed by atoms with Crippen LogP contribution in [0.15, 0.2) is 24.3 Å². The van der Waals surface area contributed by atoms with Crippen LogP contribution in [0.5, 0.6) is 0 Å². The number of halogens is 2. The molecule has 7 heteroatoms. The molecule has 1 aliphatic rings. The Labute approximate surface area is 137 Å². The van der Waals surface area contributed by atoms with Gasteiger partial charge in [-0.2, -0.15) is 0 Å². The van der Waals surface area contributed by atoms with Crippen molar-refractivity contribution >= 4 is 46.5 Å². The number of carbonyl (C=O) groups is 3. The van der Waals surface area contributed by atoms with E-state index in [-0.39, 0.29) is 5.78 Å². The van der Waals surface area contributed by atoms with Gasteiger partial charge in [-0.3, -0.25) is 14.4 Å². The van der Waals surface area contributed by atoms with E-state index in [1.807, 2.05) is 0 Å². The molecule has 0 bridgehead atoms. The summed E-state index contributed by atoms with van der Waals surface area (Å²) in [4.78, 5) is 34.9. The third-order valence-electron chi connectivity index (χ3n) is 3.60. The highest BCUT2D eigenvalue weighted by Gasteiger charge is 2.69. The second-order valence-electron chi connectivity index (χ2n) is 5.47. The van der Waals surface area contributed by atoms with E-state index in [4.69, 9.17) is 27.9 Å². The van der Waals surface area contributed by atoms with E-state index in [2.05, 4.69) is 5.32 Å². The Morgan fingerprint density at radius 2 is 1.95 bits per heavy atom. The molecule has 22 heavy (non-hydrogen) atoms. The van der Waals surface area contributed by atoms with Gasteiger partial charge in [0.2, 0.25) is 0 Å². The summed E-state index contributed by atoms with van der Waals surface area (Å²) >= 11 is 11.7. The number of Topliss-reactive ketones (excluding diaryl/α,β-unsaturated/α-hetero) is 1. The highest BCUT2D eigenvalue weighted by atomic mass is 35.5. The van der Waals surface area contributed by atoms with Crippen molar-refractivity contribution in [1.29, 1.82) is 0 Å². The molecule has 1 amide bonds. The van der Waals surface area contributed by atoms with Crippen LogP contribution in [-0.4, -0.2) is 28.6 Å². The number of ketones is 1. The van der Waals surface area contributed by atoms with Gasteiger partial charge in [0, 0.05) is 17.7 Å². The normalized spacial score (nSPS) is 21.8. The molecule has 118 valence electrons. The molecule has 0 aromatic heterocycles. The standard InChI is InChI=1S/C15H15Cl2NO4/c1-9(19)10-4-3-5-11(6-10)18-12(20)7-22-13(21)14(2)8-15(14,16)17/h3-6H,7-8H2,1-2H3,(H,18,20)/t14-/m1/s1. The summed E-state index contributed by atoms with van der Waals surface area (Å²) in [6.45, 7) is 2.58. The lowest BCUT2D eigenvalue weighted by atomic mass is 10.1. The van der Waals surface area contributed by atoms with Gasteiger partial charge in [-0.1, -0.05) is 12.1 Å². The molecule has 0 radical (unpaired) electrons. The molecule has 0 heterocycles. The molecular weight excluding hydrogens is 329 g/mol. The molecule has 1 aliphatic carbocycles. The van der Waals surface area contributed by atoms with Gasteiger partial charge in [0.05, 0.1) is 0 Å². The number of anilines is 1. The predicted octanol–water partition coefficient (Wildman–Crippen LogP) is 2.95. The zero-order valence-electron chi connectivity index (χ0n) is 12.1. The van der Waals surface area contributed by atoms with E-state index in [1.54, 1.807) is 31.2 Å². The first kappa shape index (κ1) is 16.8. The van der Waals surface area contributed by atoms with E-state index < -0.39 is 28.2 Å². The van der Waals surface area contributed by atoms with Crippen LogP contribution in [0.1, 0.15) is 30.6 Å². The number of benzene rings is 1. The monoisotopic (exact) mass is 343 g/mol. The summed E-state index contributed by atoms with van der Waals surface area (Å²) in [5.74, 6) is -1.22. The number of nitrogens with one attached hydrogen (secondary N) is 1. The van der Waals surface area contributed by atoms with Crippen LogP contribution in [0.2, 0.25) is 0 Å². The number of alkyl halides is 2. The van der Waals surface area contributed by atoms with Crippen LogP contribution in [0, 0.1) is 5.41 Å². The van der Waals surface area contributed by atoms with Gasteiger partial charge in [-0.05, 0) is 26.0 Å². The van der Waals surface area contributed by atoms with Crippen molar-refractivity contribution in [3.63, 3.8) is 0 Å². The van der Waals surface area contributed by atoms with Gasteiger partial charge in [0.15, 0.2) is 12.4 Å². The Hall–Kier alpha value is -1.59. The predicted molar refractivity (Wildman–Crippen MR) is 83.2 cm³/mol. The quantitative estimate of drug-likeness (QED) is 0.506. The molecule has 0 unspecified atom stereocenters. The van der Waals surface area contributed by atoms with Crippen LogP contribution in [-0.2, 0) is 14.3 Å². The minimum absolute atomic E-state index is 0.107. The van der Waals surface area contributed by atoms with E-state index in [0.717, 1.165) is 0 Å². The Balaban J connectivity index is 1.88. The van der Waals surface area contributed by atoms with Gasteiger partial charge in [-0.15, -0.1) is 23.2 Å². The smallest absolute Gasteiger partial charge is 0.315 e. The second kappa shape index (κ2) is 5.89. The highest BCUT2D eigenvalue weighted by molar-refractivity contribution is 6.53. The number of hydrogen-bond acceptors (Lipinski definition) is 4. The zero-order chi connectivity index (χ0) is 16.5. The largest absolute Gasteiger partial charge is 0.455 e. The SMILES string of the molecule is CC(=O)c1cccc(NC(=O)COC(=O)[C@@]2(C)CC2(Cl)Cl)c1. The Morgan fingerprint density at radius 3 is 2.50 bits per heavy atom. The molecule has 1 N–H and O–H groups in total. The van der Waals surface area contributed by atoms with Gasteiger partial charge < -0.3 is 10.1 Å². The first-order valence-corrected chi connectivity index (χ1v) is 7.37. The molecule has 1 saturated carbocycles.